The highest BCUT2D eigenvalue weighted by atomic mass is 16.4. The van der Waals surface area contributed by atoms with Crippen molar-refractivity contribution in [3.05, 3.63) is 23.4 Å². The second kappa shape index (κ2) is 4.96. The molecule has 1 atom stereocenters. The largest absolute Gasteiger partial charge is 0.478 e. The van der Waals surface area contributed by atoms with Gasteiger partial charge in [0.1, 0.15) is 5.82 Å². The topological polar surface area (TPSA) is 53.4 Å². The maximum Gasteiger partial charge on any atom is 0.337 e. The van der Waals surface area contributed by atoms with Gasteiger partial charge >= 0.3 is 5.97 Å². The Bertz CT molecular complexity index is 391. The van der Waals surface area contributed by atoms with E-state index in [0.29, 0.717) is 11.7 Å². The summed E-state index contributed by atoms with van der Waals surface area (Å²) in [6.07, 6.45) is 1.03. The summed E-state index contributed by atoms with van der Waals surface area (Å²) in [5.74, 6) is -0.111. The highest BCUT2D eigenvalue weighted by Gasteiger charge is 2.13. The van der Waals surface area contributed by atoms with E-state index in [1.165, 1.54) is 0 Å². The van der Waals surface area contributed by atoms with Crippen LogP contribution in [-0.4, -0.2) is 29.1 Å². The van der Waals surface area contributed by atoms with Gasteiger partial charge in [-0.2, -0.15) is 0 Å². The number of aromatic carboxylic acids is 1. The third kappa shape index (κ3) is 2.51. The van der Waals surface area contributed by atoms with Crippen molar-refractivity contribution in [2.24, 2.45) is 0 Å². The number of aryl methyl sites for hydroxylation is 1. The molecule has 0 aliphatic rings. The van der Waals surface area contributed by atoms with E-state index in [1.54, 1.807) is 19.1 Å². The van der Waals surface area contributed by atoms with Gasteiger partial charge in [0.15, 0.2) is 0 Å². The molecule has 0 aliphatic heterocycles. The second-order valence-electron chi connectivity index (χ2n) is 3.98. The minimum Gasteiger partial charge on any atom is -0.478 e. The van der Waals surface area contributed by atoms with E-state index >= 15 is 0 Å². The Balaban J connectivity index is 3.01. The van der Waals surface area contributed by atoms with Gasteiger partial charge in [-0.05, 0) is 32.4 Å². The summed E-state index contributed by atoms with van der Waals surface area (Å²) in [7, 11) is 1.97. The highest BCUT2D eigenvalue weighted by molar-refractivity contribution is 5.89. The van der Waals surface area contributed by atoms with Crippen molar-refractivity contribution in [3.8, 4) is 0 Å². The molecule has 0 saturated carbocycles. The van der Waals surface area contributed by atoms with Gasteiger partial charge in [-0.15, -0.1) is 0 Å². The molecule has 0 amide bonds. The molecule has 0 saturated heterocycles. The average Bonchev–Trinajstić information content (AvgIpc) is 2.26. The van der Waals surface area contributed by atoms with Crippen LogP contribution in [0.4, 0.5) is 5.82 Å². The maximum absolute atomic E-state index is 10.8. The lowest BCUT2D eigenvalue weighted by Gasteiger charge is -2.25. The molecular weight excluding hydrogens is 204 g/mol. The Kier molecular flexibility index (Phi) is 3.88. The van der Waals surface area contributed by atoms with E-state index in [1.807, 2.05) is 7.05 Å². The Labute approximate surface area is 95.9 Å². The number of nitrogens with zero attached hydrogens (tertiary/aromatic N) is 2. The molecule has 16 heavy (non-hydrogen) atoms. The van der Waals surface area contributed by atoms with Crippen LogP contribution in [0.5, 0.6) is 0 Å². The van der Waals surface area contributed by atoms with Crippen LogP contribution in [-0.2, 0) is 0 Å². The summed E-state index contributed by atoms with van der Waals surface area (Å²) in [6, 6.07) is 3.75. The molecule has 1 unspecified atom stereocenters. The number of rotatable bonds is 4. The van der Waals surface area contributed by atoms with Crippen molar-refractivity contribution in [2.45, 2.75) is 33.2 Å². The molecule has 88 valence electrons. The summed E-state index contributed by atoms with van der Waals surface area (Å²) in [5.41, 5.74) is 0.821. The maximum atomic E-state index is 10.8. The van der Waals surface area contributed by atoms with E-state index < -0.39 is 5.97 Å². The van der Waals surface area contributed by atoms with Gasteiger partial charge < -0.3 is 10.0 Å². The van der Waals surface area contributed by atoms with Crippen molar-refractivity contribution in [3.63, 3.8) is 0 Å². The van der Waals surface area contributed by atoms with E-state index in [0.717, 1.165) is 12.2 Å². The average molecular weight is 222 g/mol. The van der Waals surface area contributed by atoms with E-state index in [9.17, 15) is 4.79 Å². The Hall–Kier alpha value is -1.58. The minimum atomic E-state index is -0.928. The smallest absolute Gasteiger partial charge is 0.337 e. The van der Waals surface area contributed by atoms with Gasteiger partial charge in [0.25, 0.3) is 0 Å². The summed E-state index contributed by atoms with van der Waals surface area (Å²) < 4.78 is 0. The Morgan fingerprint density at radius 1 is 1.56 bits per heavy atom. The molecule has 1 heterocycles. The van der Waals surface area contributed by atoms with Crippen LogP contribution >= 0.6 is 0 Å². The van der Waals surface area contributed by atoms with Crippen molar-refractivity contribution >= 4 is 11.8 Å². The van der Waals surface area contributed by atoms with Crippen LogP contribution in [0, 0.1) is 6.92 Å². The molecule has 4 heteroatoms. The van der Waals surface area contributed by atoms with Gasteiger partial charge in [-0.25, -0.2) is 9.78 Å². The fourth-order valence-electron chi connectivity index (χ4n) is 1.47. The van der Waals surface area contributed by atoms with E-state index in [2.05, 4.69) is 23.7 Å². The van der Waals surface area contributed by atoms with Gasteiger partial charge in [-0.3, -0.25) is 0 Å². The zero-order valence-corrected chi connectivity index (χ0v) is 10.2. The summed E-state index contributed by atoms with van der Waals surface area (Å²) in [4.78, 5) is 17.2. The lowest BCUT2D eigenvalue weighted by atomic mass is 10.2. The van der Waals surface area contributed by atoms with Gasteiger partial charge in [0.2, 0.25) is 0 Å². The van der Waals surface area contributed by atoms with Crippen LogP contribution in [0.3, 0.4) is 0 Å². The van der Waals surface area contributed by atoms with Crippen LogP contribution in [0.1, 0.15) is 36.3 Å². The number of carboxylic acid groups (broad SMARTS) is 1. The molecule has 0 bridgehead atoms. The molecule has 0 aliphatic carbocycles. The first kappa shape index (κ1) is 12.5. The van der Waals surface area contributed by atoms with Crippen molar-refractivity contribution in [1.29, 1.82) is 0 Å². The second-order valence-corrected chi connectivity index (χ2v) is 3.98. The van der Waals surface area contributed by atoms with Gasteiger partial charge in [0.05, 0.1) is 11.3 Å². The first-order chi connectivity index (χ1) is 7.47. The number of carbonyl (C=O) groups is 1. The third-order valence-corrected chi connectivity index (χ3v) is 2.91. The zero-order valence-electron chi connectivity index (χ0n) is 10.2. The summed E-state index contributed by atoms with van der Waals surface area (Å²) >= 11 is 0. The summed E-state index contributed by atoms with van der Waals surface area (Å²) in [5, 5.41) is 8.90. The van der Waals surface area contributed by atoms with Gasteiger partial charge in [0, 0.05) is 13.1 Å². The first-order valence-electron chi connectivity index (χ1n) is 5.41. The van der Waals surface area contributed by atoms with Crippen LogP contribution in [0.25, 0.3) is 0 Å². The van der Waals surface area contributed by atoms with Crippen LogP contribution < -0.4 is 4.90 Å². The monoisotopic (exact) mass is 222 g/mol. The number of anilines is 1. The van der Waals surface area contributed by atoms with E-state index in [-0.39, 0.29) is 5.56 Å². The number of aromatic nitrogens is 1. The predicted molar refractivity (Wildman–Crippen MR) is 64.1 cm³/mol. The number of pyridine rings is 1. The number of carboxylic acids is 1. The Morgan fingerprint density at radius 3 is 2.62 bits per heavy atom. The molecular formula is C12H18N2O2. The van der Waals surface area contributed by atoms with Gasteiger partial charge in [-0.1, -0.05) is 6.92 Å². The van der Waals surface area contributed by atoms with E-state index in [4.69, 9.17) is 5.11 Å². The first-order valence-corrected chi connectivity index (χ1v) is 5.41. The molecule has 1 N–H and O–H groups in total. The molecule has 1 aromatic rings. The molecule has 1 aromatic heterocycles. The van der Waals surface area contributed by atoms with Crippen molar-refractivity contribution < 1.29 is 9.90 Å². The van der Waals surface area contributed by atoms with Crippen LogP contribution in [0.2, 0.25) is 0 Å². The number of hydrogen-bond donors (Lipinski definition) is 1. The fourth-order valence-corrected chi connectivity index (χ4v) is 1.47. The molecule has 4 nitrogen and oxygen atoms in total. The SMILES string of the molecule is CCC(C)N(C)c1ccc(C(=O)O)c(C)n1. The standard InChI is InChI=1S/C12H18N2O2/c1-5-8(2)14(4)11-7-6-10(12(15)16)9(3)13-11/h6-8H,5H2,1-4H3,(H,15,16). The zero-order chi connectivity index (χ0) is 12.3. The third-order valence-electron chi connectivity index (χ3n) is 2.91. The van der Waals surface area contributed by atoms with Crippen LogP contribution in [0.15, 0.2) is 12.1 Å². The molecule has 0 radical (unpaired) electrons. The lowest BCUT2D eigenvalue weighted by molar-refractivity contribution is 0.0695. The molecule has 0 aromatic carbocycles. The predicted octanol–water partition coefficient (Wildman–Crippen LogP) is 2.32. The highest BCUT2D eigenvalue weighted by Crippen LogP contribution is 2.16. The molecule has 1 rings (SSSR count). The quantitative estimate of drug-likeness (QED) is 0.849. The lowest BCUT2D eigenvalue weighted by Crippen LogP contribution is -2.29. The molecule has 0 fully saturated rings. The molecule has 0 spiro atoms. The fraction of sp³-hybridized carbons (Fsp3) is 0.500. The Morgan fingerprint density at radius 2 is 2.19 bits per heavy atom. The minimum absolute atomic E-state index is 0.265. The summed E-state index contributed by atoms with van der Waals surface area (Å²) in [6.45, 7) is 5.94. The van der Waals surface area contributed by atoms with Crippen molar-refractivity contribution in [2.75, 3.05) is 11.9 Å². The number of hydrogen-bond acceptors (Lipinski definition) is 3. The normalized spacial score (nSPS) is 12.2. The van der Waals surface area contributed by atoms with Crippen molar-refractivity contribution in [1.82, 2.24) is 4.98 Å².